The third-order valence-electron chi connectivity index (χ3n) is 3.24. The highest BCUT2D eigenvalue weighted by Crippen LogP contribution is 2.21. The third-order valence-corrected chi connectivity index (χ3v) is 3.24. The minimum absolute atomic E-state index is 0.118. The largest absolute Gasteiger partial charge is 0.368 e. The Morgan fingerprint density at radius 3 is 2.40 bits per heavy atom. The Kier molecular flexibility index (Phi) is 7.55. The average molecular weight is 281 g/mol. The van der Waals surface area contributed by atoms with E-state index in [4.69, 9.17) is 0 Å². The molecule has 0 spiro atoms. The first-order valence-electron chi connectivity index (χ1n) is 7.47. The third kappa shape index (κ3) is 5.47. The summed E-state index contributed by atoms with van der Waals surface area (Å²) >= 11 is 0. The minimum Gasteiger partial charge on any atom is -0.368 e. The number of likely N-dealkylation sites (N-methyl/N-ethyl adjacent to an activating group) is 1. The summed E-state index contributed by atoms with van der Waals surface area (Å²) in [6.45, 7) is 8.46. The van der Waals surface area contributed by atoms with Gasteiger partial charge in [-0.1, -0.05) is 19.9 Å². The Morgan fingerprint density at radius 2 is 1.85 bits per heavy atom. The zero-order chi connectivity index (χ0) is 15.0. The van der Waals surface area contributed by atoms with E-state index in [9.17, 15) is 4.39 Å². The summed E-state index contributed by atoms with van der Waals surface area (Å²) in [6, 6.07) is 5.57. The summed E-state index contributed by atoms with van der Waals surface area (Å²) in [5.74, 6) is -0.118. The van der Waals surface area contributed by atoms with E-state index in [1.54, 1.807) is 6.07 Å². The standard InChI is InChI=1S/C16H28FN3/c1-5-9-20(11-10-19(3)4)16-8-7-14(12-15(16)17)13-18-6-2/h7-8,12,18H,5-6,9-11,13H2,1-4H3. The molecule has 0 saturated heterocycles. The van der Waals surface area contributed by atoms with Gasteiger partial charge in [0, 0.05) is 26.2 Å². The fourth-order valence-corrected chi connectivity index (χ4v) is 2.13. The molecule has 3 nitrogen and oxygen atoms in total. The zero-order valence-electron chi connectivity index (χ0n) is 13.2. The van der Waals surface area contributed by atoms with Crippen molar-refractivity contribution in [3.8, 4) is 0 Å². The lowest BCUT2D eigenvalue weighted by Crippen LogP contribution is -2.33. The number of halogens is 1. The molecule has 0 aliphatic carbocycles. The van der Waals surface area contributed by atoms with Crippen molar-refractivity contribution in [1.29, 1.82) is 0 Å². The Bertz CT molecular complexity index is 393. The topological polar surface area (TPSA) is 18.5 Å². The van der Waals surface area contributed by atoms with Gasteiger partial charge in [-0.3, -0.25) is 0 Å². The molecular weight excluding hydrogens is 253 g/mol. The lowest BCUT2D eigenvalue weighted by molar-refractivity contribution is 0.412. The van der Waals surface area contributed by atoms with Gasteiger partial charge < -0.3 is 15.1 Å². The predicted molar refractivity (Wildman–Crippen MR) is 84.8 cm³/mol. The molecule has 0 amide bonds. The first kappa shape index (κ1) is 16.9. The molecule has 4 heteroatoms. The lowest BCUT2D eigenvalue weighted by Gasteiger charge is -2.26. The highest BCUT2D eigenvalue weighted by Gasteiger charge is 2.11. The normalized spacial score (nSPS) is 11.1. The fraction of sp³-hybridized carbons (Fsp3) is 0.625. The number of hydrogen-bond acceptors (Lipinski definition) is 3. The number of hydrogen-bond donors (Lipinski definition) is 1. The molecule has 0 fully saturated rings. The number of nitrogens with zero attached hydrogens (tertiary/aromatic N) is 2. The first-order chi connectivity index (χ1) is 9.58. The van der Waals surface area contributed by atoms with Gasteiger partial charge in [-0.2, -0.15) is 0 Å². The Morgan fingerprint density at radius 1 is 1.10 bits per heavy atom. The van der Waals surface area contributed by atoms with Crippen LogP contribution in [0.4, 0.5) is 10.1 Å². The summed E-state index contributed by atoms with van der Waals surface area (Å²) < 4.78 is 14.3. The lowest BCUT2D eigenvalue weighted by atomic mass is 10.1. The van der Waals surface area contributed by atoms with Crippen LogP contribution in [0.5, 0.6) is 0 Å². The zero-order valence-corrected chi connectivity index (χ0v) is 13.2. The van der Waals surface area contributed by atoms with Gasteiger partial charge in [0.05, 0.1) is 5.69 Å². The molecule has 0 radical (unpaired) electrons. The van der Waals surface area contributed by atoms with E-state index in [1.807, 2.05) is 26.2 Å². The van der Waals surface area contributed by atoms with E-state index in [1.165, 1.54) is 0 Å². The van der Waals surface area contributed by atoms with Gasteiger partial charge in [0.15, 0.2) is 0 Å². The smallest absolute Gasteiger partial charge is 0.146 e. The maximum absolute atomic E-state index is 14.3. The molecule has 0 heterocycles. The van der Waals surface area contributed by atoms with Crippen LogP contribution >= 0.6 is 0 Å². The van der Waals surface area contributed by atoms with Crippen LogP contribution in [0.2, 0.25) is 0 Å². The SMILES string of the molecule is CCCN(CCN(C)C)c1ccc(CNCC)cc1F. The van der Waals surface area contributed by atoms with E-state index in [0.29, 0.717) is 5.69 Å². The van der Waals surface area contributed by atoms with Gasteiger partial charge >= 0.3 is 0 Å². The van der Waals surface area contributed by atoms with Crippen LogP contribution in [0.25, 0.3) is 0 Å². The van der Waals surface area contributed by atoms with Crippen LogP contribution < -0.4 is 10.2 Å². The number of rotatable bonds is 9. The molecule has 1 aromatic rings. The molecule has 0 aliphatic heterocycles. The highest BCUT2D eigenvalue weighted by atomic mass is 19.1. The number of anilines is 1. The fourth-order valence-electron chi connectivity index (χ4n) is 2.13. The molecule has 0 aromatic heterocycles. The second-order valence-electron chi connectivity index (χ2n) is 5.36. The molecule has 0 saturated carbocycles. The van der Waals surface area contributed by atoms with E-state index < -0.39 is 0 Å². The molecule has 20 heavy (non-hydrogen) atoms. The Balaban J connectivity index is 2.79. The van der Waals surface area contributed by atoms with E-state index in [0.717, 1.165) is 44.7 Å². The van der Waals surface area contributed by atoms with Gasteiger partial charge in [-0.15, -0.1) is 0 Å². The second-order valence-corrected chi connectivity index (χ2v) is 5.36. The second kappa shape index (κ2) is 8.93. The Labute approximate surface area is 122 Å². The van der Waals surface area contributed by atoms with E-state index in [-0.39, 0.29) is 5.82 Å². The summed E-state index contributed by atoms with van der Waals surface area (Å²) in [4.78, 5) is 4.26. The maximum atomic E-state index is 14.3. The van der Waals surface area contributed by atoms with Crippen molar-refractivity contribution in [2.75, 3.05) is 45.2 Å². The molecule has 0 atom stereocenters. The quantitative estimate of drug-likeness (QED) is 0.751. The van der Waals surface area contributed by atoms with Gasteiger partial charge in [0.1, 0.15) is 5.82 Å². The van der Waals surface area contributed by atoms with Crippen LogP contribution in [-0.2, 0) is 6.54 Å². The summed E-state index contributed by atoms with van der Waals surface area (Å²) in [5.41, 5.74) is 1.71. The van der Waals surface area contributed by atoms with Gasteiger partial charge in [-0.05, 0) is 44.8 Å². The van der Waals surface area contributed by atoms with Crippen molar-refractivity contribution in [2.45, 2.75) is 26.8 Å². The van der Waals surface area contributed by atoms with Gasteiger partial charge in [0.2, 0.25) is 0 Å². The molecule has 1 aromatic carbocycles. The maximum Gasteiger partial charge on any atom is 0.146 e. The molecule has 1 rings (SSSR count). The van der Waals surface area contributed by atoms with Crippen molar-refractivity contribution in [1.82, 2.24) is 10.2 Å². The molecule has 114 valence electrons. The van der Waals surface area contributed by atoms with Crippen molar-refractivity contribution in [3.63, 3.8) is 0 Å². The average Bonchev–Trinajstić information content (AvgIpc) is 2.41. The van der Waals surface area contributed by atoms with Crippen LogP contribution in [-0.4, -0.2) is 45.2 Å². The van der Waals surface area contributed by atoms with Crippen molar-refractivity contribution in [3.05, 3.63) is 29.6 Å². The van der Waals surface area contributed by atoms with E-state index in [2.05, 4.69) is 29.0 Å². The Hall–Kier alpha value is -1.13. The van der Waals surface area contributed by atoms with Gasteiger partial charge in [-0.25, -0.2) is 4.39 Å². The first-order valence-corrected chi connectivity index (χ1v) is 7.47. The van der Waals surface area contributed by atoms with Gasteiger partial charge in [0.25, 0.3) is 0 Å². The summed E-state index contributed by atoms with van der Waals surface area (Å²) in [7, 11) is 4.08. The van der Waals surface area contributed by atoms with Crippen LogP contribution in [0, 0.1) is 5.82 Å². The van der Waals surface area contributed by atoms with Crippen molar-refractivity contribution in [2.24, 2.45) is 0 Å². The summed E-state index contributed by atoms with van der Waals surface area (Å²) in [6.07, 6.45) is 1.02. The van der Waals surface area contributed by atoms with Crippen LogP contribution in [0.15, 0.2) is 18.2 Å². The van der Waals surface area contributed by atoms with Crippen molar-refractivity contribution < 1.29 is 4.39 Å². The molecule has 0 unspecified atom stereocenters. The number of nitrogens with one attached hydrogen (secondary N) is 1. The molecule has 0 aliphatic rings. The predicted octanol–water partition coefficient (Wildman–Crippen LogP) is 2.71. The van der Waals surface area contributed by atoms with Crippen LogP contribution in [0.1, 0.15) is 25.8 Å². The van der Waals surface area contributed by atoms with Crippen molar-refractivity contribution >= 4 is 5.69 Å². The number of benzene rings is 1. The van der Waals surface area contributed by atoms with Crippen LogP contribution in [0.3, 0.4) is 0 Å². The monoisotopic (exact) mass is 281 g/mol. The molecule has 1 N–H and O–H groups in total. The summed E-state index contributed by atoms with van der Waals surface area (Å²) in [5, 5.41) is 3.22. The molecule has 0 bridgehead atoms. The van der Waals surface area contributed by atoms with E-state index >= 15 is 0 Å². The minimum atomic E-state index is -0.118. The molecular formula is C16H28FN3. The highest BCUT2D eigenvalue weighted by molar-refractivity contribution is 5.49.